The lowest BCUT2D eigenvalue weighted by Gasteiger charge is -2.11. The summed E-state index contributed by atoms with van der Waals surface area (Å²) in [5.41, 5.74) is 1.73. The molecule has 2 rings (SSSR count). The number of rotatable bonds is 3. The van der Waals surface area contributed by atoms with E-state index < -0.39 is 5.97 Å². The molecule has 0 aliphatic carbocycles. The van der Waals surface area contributed by atoms with Gasteiger partial charge in [0.25, 0.3) is 0 Å². The fourth-order valence-electron chi connectivity index (χ4n) is 1.78. The number of nitrogens with zero attached hydrogens (tertiary/aromatic N) is 2. The molecule has 98 valence electrons. The van der Waals surface area contributed by atoms with Gasteiger partial charge in [-0.25, -0.2) is 14.8 Å². The monoisotopic (exact) mass is 278 g/mol. The molecule has 0 aliphatic rings. The highest BCUT2D eigenvalue weighted by molar-refractivity contribution is 6.32. The lowest BCUT2D eigenvalue weighted by molar-refractivity contribution is 0.0697. The molecular weight excluding hydrogens is 268 g/mol. The second-order valence-electron chi connectivity index (χ2n) is 3.85. The van der Waals surface area contributed by atoms with Gasteiger partial charge < -0.3 is 9.84 Å². The van der Waals surface area contributed by atoms with Gasteiger partial charge in [-0.15, -0.1) is 0 Å². The van der Waals surface area contributed by atoms with E-state index in [1.807, 2.05) is 0 Å². The summed E-state index contributed by atoms with van der Waals surface area (Å²) in [6.07, 6.45) is 1.32. The van der Waals surface area contributed by atoms with E-state index in [1.165, 1.54) is 19.5 Å². The number of halogens is 1. The Balaban J connectivity index is 2.72. The van der Waals surface area contributed by atoms with Crippen LogP contribution in [0.3, 0.4) is 0 Å². The first-order valence-corrected chi connectivity index (χ1v) is 5.81. The molecule has 0 aliphatic heterocycles. The van der Waals surface area contributed by atoms with Crippen molar-refractivity contribution >= 4 is 17.6 Å². The number of carboxylic acids is 1. The SMILES string of the molecule is COc1cc(-c2c(C(=O)O)ccc(Cl)c2C)ncn1. The first-order valence-electron chi connectivity index (χ1n) is 5.43. The number of methoxy groups -OCH3 is 1. The molecule has 2 aromatic rings. The maximum absolute atomic E-state index is 11.3. The van der Waals surface area contributed by atoms with Crippen molar-refractivity contribution in [3.8, 4) is 17.1 Å². The number of carbonyl (C=O) groups is 1. The fourth-order valence-corrected chi connectivity index (χ4v) is 1.94. The highest BCUT2D eigenvalue weighted by atomic mass is 35.5. The van der Waals surface area contributed by atoms with Crippen molar-refractivity contribution < 1.29 is 14.6 Å². The molecule has 0 atom stereocenters. The summed E-state index contributed by atoms with van der Waals surface area (Å²) in [7, 11) is 1.48. The Hall–Kier alpha value is -2.14. The van der Waals surface area contributed by atoms with Crippen molar-refractivity contribution in [1.82, 2.24) is 9.97 Å². The second kappa shape index (κ2) is 5.24. The van der Waals surface area contributed by atoms with Gasteiger partial charge in [-0.3, -0.25) is 0 Å². The highest BCUT2D eigenvalue weighted by Crippen LogP contribution is 2.31. The standard InChI is InChI=1S/C13H11ClN2O3/c1-7-9(14)4-3-8(13(17)18)12(7)10-5-11(19-2)16-6-15-10/h3-6H,1-2H3,(H,17,18). The van der Waals surface area contributed by atoms with E-state index in [4.69, 9.17) is 16.3 Å². The number of hydrogen-bond donors (Lipinski definition) is 1. The summed E-state index contributed by atoms with van der Waals surface area (Å²) in [6.45, 7) is 1.75. The topological polar surface area (TPSA) is 72.3 Å². The average molecular weight is 279 g/mol. The molecule has 0 unspecified atom stereocenters. The highest BCUT2D eigenvalue weighted by Gasteiger charge is 2.17. The Labute approximate surface area is 114 Å². The molecule has 1 heterocycles. The molecule has 0 amide bonds. The maximum atomic E-state index is 11.3. The molecule has 1 aromatic heterocycles. The zero-order valence-corrected chi connectivity index (χ0v) is 11.1. The number of ether oxygens (including phenoxy) is 1. The van der Waals surface area contributed by atoms with Crippen LogP contribution in [0.4, 0.5) is 0 Å². The minimum Gasteiger partial charge on any atom is -0.481 e. The predicted molar refractivity (Wildman–Crippen MR) is 70.7 cm³/mol. The minimum atomic E-state index is -1.03. The molecule has 0 bridgehead atoms. The third-order valence-electron chi connectivity index (χ3n) is 2.74. The van der Waals surface area contributed by atoms with Gasteiger partial charge in [-0.1, -0.05) is 11.6 Å². The van der Waals surface area contributed by atoms with E-state index in [9.17, 15) is 9.90 Å². The number of carboxylic acid groups (broad SMARTS) is 1. The van der Waals surface area contributed by atoms with Gasteiger partial charge in [-0.2, -0.15) is 0 Å². The van der Waals surface area contributed by atoms with E-state index >= 15 is 0 Å². The normalized spacial score (nSPS) is 10.3. The summed E-state index contributed by atoms with van der Waals surface area (Å²) in [4.78, 5) is 19.3. The molecule has 0 fully saturated rings. The molecule has 0 spiro atoms. The Morgan fingerprint density at radius 1 is 1.37 bits per heavy atom. The van der Waals surface area contributed by atoms with Crippen molar-refractivity contribution in [2.24, 2.45) is 0 Å². The predicted octanol–water partition coefficient (Wildman–Crippen LogP) is 2.81. The van der Waals surface area contributed by atoms with Crippen LogP contribution in [-0.4, -0.2) is 28.2 Å². The van der Waals surface area contributed by atoms with Crippen LogP contribution < -0.4 is 4.74 Å². The van der Waals surface area contributed by atoms with E-state index in [-0.39, 0.29) is 5.56 Å². The van der Waals surface area contributed by atoms with Crippen LogP contribution in [0, 0.1) is 6.92 Å². The Kier molecular flexibility index (Phi) is 3.66. The fraction of sp³-hybridized carbons (Fsp3) is 0.154. The van der Waals surface area contributed by atoms with Gasteiger partial charge in [-0.05, 0) is 24.6 Å². The van der Waals surface area contributed by atoms with Gasteiger partial charge in [0, 0.05) is 16.7 Å². The van der Waals surface area contributed by atoms with Crippen molar-refractivity contribution in [1.29, 1.82) is 0 Å². The van der Waals surface area contributed by atoms with Crippen molar-refractivity contribution in [3.63, 3.8) is 0 Å². The summed E-state index contributed by atoms with van der Waals surface area (Å²) < 4.78 is 5.02. The molecule has 0 radical (unpaired) electrons. The first kappa shape index (κ1) is 13.3. The van der Waals surface area contributed by atoms with Gasteiger partial charge in [0.1, 0.15) is 6.33 Å². The van der Waals surface area contributed by atoms with Gasteiger partial charge in [0.05, 0.1) is 18.4 Å². The van der Waals surface area contributed by atoms with Gasteiger partial charge >= 0.3 is 5.97 Å². The molecule has 0 saturated heterocycles. The third kappa shape index (κ3) is 2.51. The molecule has 0 saturated carbocycles. The Morgan fingerprint density at radius 3 is 2.74 bits per heavy atom. The van der Waals surface area contributed by atoms with E-state index in [1.54, 1.807) is 19.1 Å². The third-order valence-corrected chi connectivity index (χ3v) is 3.15. The number of hydrogen-bond acceptors (Lipinski definition) is 4. The van der Waals surface area contributed by atoms with Crippen LogP contribution in [0.5, 0.6) is 5.88 Å². The molecular formula is C13H11ClN2O3. The van der Waals surface area contributed by atoms with Crippen LogP contribution in [0.25, 0.3) is 11.3 Å². The van der Waals surface area contributed by atoms with Crippen LogP contribution in [0.2, 0.25) is 5.02 Å². The van der Waals surface area contributed by atoms with Crippen LogP contribution >= 0.6 is 11.6 Å². The number of benzene rings is 1. The van der Waals surface area contributed by atoms with E-state index in [0.717, 1.165) is 0 Å². The Bertz CT molecular complexity index is 644. The zero-order valence-electron chi connectivity index (χ0n) is 10.3. The lowest BCUT2D eigenvalue weighted by Crippen LogP contribution is -2.03. The van der Waals surface area contributed by atoms with Gasteiger partial charge in [0.15, 0.2) is 0 Å². The van der Waals surface area contributed by atoms with Gasteiger partial charge in [0.2, 0.25) is 5.88 Å². The number of aromatic carboxylic acids is 1. The maximum Gasteiger partial charge on any atom is 0.336 e. The zero-order chi connectivity index (χ0) is 14.0. The molecule has 1 N–H and O–H groups in total. The summed E-state index contributed by atoms with van der Waals surface area (Å²) >= 11 is 6.05. The van der Waals surface area contributed by atoms with Crippen molar-refractivity contribution in [3.05, 3.63) is 40.7 Å². The Morgan fingerprint density at radius 2 is 2.11 bits per heavy atom. The average Bonchev–Trinajstić information content (AvgIpc) is 2.41. The van der Waals surface area contributed by atoms with Crippen LogP contribution in [0.15, 0.2) is 24.5 Å². The molecule has 1 aromatic carbocycles. The summed E-state index contributed by atoms with van der Waals surface area (Å²) in [5.74, 6) is -0.673. The van der Waals surface area contributed by atoms with Crippen molar-refractivity contribution in [2.45, 2.75) is 6.92 Å². The largest absolute Gasteiger partial charge is 0.481 e. The van der Waals surface area contributed by atoms with E-state index in [0.29, 0.717) is 27.7 Å². The first-order chi connectivity index (χ1) is 9.04. The molecule has 5 nitrogen and oxygen atoms in total. The molecule has 19 heavy (non-hydrogen) atoms. The smallest absolute Gasteiger partial charge is 0.336 e. The lowest BCUT2D eigenvalue weighted by atomic mass is 9.99. The van der Waals surface area contributed by atoms with Crippen LogP contribution in [-0.2, 0) is 0 Å². The second-order valence-corrected chi connectivity index (χ2v) is 4.25. The van der Waals surface area contributed by atoms with Crippen LogP contribution in [0.1, 0.15) is 15.9 Å². The quantitative estimate of drug-likeness (QED) is 0.934. The van der Waals surface area contributed by atoms with E-state index in [2.05, 4.69) is 9.97 Å². The molecule has 6 heteroatoms. The summed E-state index contributed by atoms with van der Waals surface area (Å²) in [5, 5.41) is 9.73. The summed E-state index contributed by atoms with van der Waals surface area (Å²) in [6, 6.07) is 4.59. The number of aromatic nitrogens is 2. The van der Waals surface area contributed by atoms with Crippen molar-refractivity contribution in [2.75, 3.05) is 7.11 Å². The minimum absolute atomic E-state index is 0.141.